The number of rotatable bonds is 11. The van der Waals surface area contributed by atoms with E-state index in [4.69, 9.17) is 17.3 Å². The van der Waals surface area contributed by atoms with Crippen LogP contribution in [0, 0.1) is 0 Å². The van der Waals surface area contributed by atoms with Gasteiger partial charge in [-0.1, -0.05) is 106 Å². The van der Waals surface area contributed by atoms with Gasteiger partial charge in [-0.3, -0.25) is 0 Å². The molecule has 2 nitrogen and oxygen atoms in total. The van der Waals surface area contributed by atoms with Crippen molar-refractivity contribution in [3.05, 3.63) is 65.2 Å². The van der Waals surface area contributed by atoms with Gasteiger partial charge in [-0.15, -0.1) is 0 Å². The average molecular weight is 447 g/mol. The summed E-state index contributed by atoms with van der Waals surface area (Å²) in [5, 5.41) is 3.20. The molecule has 0 fully saturated rings. The lowest BCUT2D eigenvalue weighted by atomic mass is 9.97. The van der Waals surface area contributed by atoms with Crippen molar-refractivity contribution in [2.75, 3.05) is 5.73 Å². The molecule has 0 spiro atoms. The number of halogens is 1. The minimum atomic E-state index is 0.747. The molecule has 32 heavy (non-hydrogen) atoms. The first kappa shape index (κ1) is 22.7. The number of nitrogen functional groups attached to an aromatic ring is 1. The van der Waals surface area contributed by atoms with E-state index in [2.05, 4.69) is 54.4 Å². The molecule has 0 bridgehead atoms. The normalized spacial score (nSPS) is 11.6. The van der Waals surface area contributed by atoms with E-state index in [0.29, 0.717) is 0 Å². The Balaban J connectivity index is 1.54. The second-order valence-electron chi connectivity index (χ2n) is 9.00. The van der Waals surface area contributed by atoms with E-state index in [-0.39, 0.29) is 0 Å². The van der Waals surface area contributed by atoms with Gasteiger partial charge in [0.2, 0.25) is 0 Å². The molecule has 4 aromatic rings. The first-order valence-corrected chi connectivity index (χ1v) is 12.6. The van der Waals surface area contributed by atoms with E-state index >= 15 is 0 Å². The SMILES string of the molecule is CCCCCCCCCCCc1c(N)ccc2c1[nH]c1cc(Cl)cc(-c3ccccc3)c12. The van der Waals surface area contributed by atoms with Crippen LogP contribution in [0.2, 0.25) is 5.02 Å². The molecule has 0 saturated carbocycles. The Kier molecular flexibility index (Phi) is 7.76. The number of nitrogens with two attached hydrogens (primary N) is 1. The monoisotopic (exact) mass is 446 g/mol. The van der Waals surface area contributed by atoms with Crippen molar-refractivity contribution < 1.29 is 0 Å². The van der Waals surface area contributed by atoms with Gasteiger partial charge in [-0.2, -0.15) is 0 Å². The number of unbranched alkanes of at least 4 members (excludes halogenated alkanes) is 8. The minimum absolute atomic E-state index is 0.747. The summed E-state index contributed by atoms with van der Waals surface area (Å²) in [4.78, 5) is 3.65. The van der Waals surface area contributed by atoms with Gasteiger partial charge in [0.15, 0.2) is 0 Å². The zero-order valence-electron chi connectivity index (χ0n) is 19.2. The molecule has 3 N–H and O–H groups in total. The fourth-order valence-corrected chi connectivity index (χ4v) is 5.09. The lowest BCUT2D eigenvalue weighted by molar-refractivity contribution is 0.565. The summed E-state index contributed by atoms with van der Waals surface area (Å²) in [5.74, 6) is 0. The standard InChI is InChI=1S/C29H35ClN2/c1-2-3-4-5-6-7-8-9-13-16-23-26(31)18-17-24-28-25(21-14-11-10-12-15-21)19-22(30)20-27(28)32-29(23)24/h10-12,14-15,17-20,32H,2-9,13,16,31H2,1H3. The molecule has 0 unspecified atom stereocenters. The number of benzene rings is 3. The molecular weight excluding hydrogens is 412 g/mol. The number of anilines is 1. The molecule has 0 atom stereocenters. The van der Waals surface area contributed by atoms with Crippen LogP contribution in [0.15, 0.2) is 54.6 Å². The maximum absolute atomic E-state index is 6.50. The first-order valence-electron chi connectivity index (χ1n) is 12.3. The van der Waals surface area contributed by atoms with Crippen LogP contribution in [-0.4, -0.2) is 4.98 Å². The Morgan fingerprint density at radius 1 is 0.812 bits per heavy atom. The van der Waals surface area contributed by atoms with Crippen LogP contribution in [0.4, 0.5) is 5.69 Å². The van der Waals surface area contributed by atoms with Crippen molar-refractivity contribution in [3.8, 4) is 11.1 Å². The third-order valence-electron chi connectivity index (χ3n) is 6.60. The molecule has 3 heteroatoms. The molecule has 4 rings (SSSR count). The molecule has 3 aromatic carbocycles. The van der Waals surface area contributed by atoms with Crippen LogP contribution in [0.1, 0.15) is 70.3 Å². The quantitative estimate of drug-likeness (QED) is 0.175. The van der Waals surface area contributed by atoms with E-state index in [1.54, 1.807) is 0 Å². The highest BCUT2D eigenvalue weighted by Gasteiger charge is 2.15. The highest BCUT2D eigenvalue weighted by atomic mass is 35.5. The fourth-order valence-electron chi connectivity index (χ4n) is 4.87. The lowest BCUT2D eigenvalue weighted by Crippen LogP contribution is -1.96. The van der Waals surface area contributed by atoms with Gasteiger partial charge in [0.05, 0.1) is 5.52 Å². The van der Waals surface area contributed by atoms with Gasteiger partial charge >= 0.3 is 0 Å². The minimum Gasteiger partial charge on any atom is -0.398 e. The Morgan fingerprint density at radius 2 is 1.50 bits per heavy atom. The zero-order valence-corrected chi connectivity index (χ0v) is 20.0. The molecule has 0 aliphatic heterocycles. The number of hydrogen-bond donors (Lipinski definition) is 2. The predicted octanol–water partition coefficient (Wildman–Crippen LogP) is 9.30. The summed E-state index contributed by atoms with van der Waals surface area (Å²) < 4.78 is 0. The summed E-state index contributed by atoms with van der Waals surface area (Å²) in [7, 11) is 0. The van der Waals surface area contributed by atoms with Crippen molar-refractivity contribution in [2.24, 2.45) is 0 Å². The molecule has 0 amide bonds. The maximum atomic E-state index is 6.50. The topological polar surface area (TPSA) is 41.8 Å². The number of nitrogens with one attached hydrogen (secondary N) is 1. The number of aromatic amines is 1. The van der Waals surface area contributed by atoms with Crippen molar-refractivity contribution >= 4 is 39.1 Å². The number of aromatic nitrogens is 1. The average Bonchev–Trinajstić information content (AvgIpc) is 3.17. The molecule has 0 aliphatic rings. The maximum Gasteiger partial charge on any atom is 0.0518 e. The zero-order chi connectivity index (χ0) is 22.3. The van der Waals surface area contributed by atoms with Crippen LogP contribution in [0.3, 0.4) is 0 Å². The van der Waals surface area contributed by atoms with E-state index in [9.17, 15) is 0 Å². The van der Waals surface area contributed by atoms with Gasteiger partial charge in [-0.05, 0) is 47.7 Å². The predicted molar refractivity (Wildman–Crippen MR) is 142 cm³/mol. The van der Waals surface area contributed by atoms with Gasteiger partial charge in [0.25, 0.3) is 0 Å². The molecule has 0 radical (unpaired) electrons. The second kappa shape index (κ2) is 10.9. The summed E-state index contributed by atoms with van der Waals surface area (Å²) in [5.41, 5.74) is 13.2. The van der Waals surface area contributed by atoms with Gasteiger partial charge in [0.1, 0.15) is 0 Å². The van der Waals surface area contributed by atoms with Crippen molar-refractivity contribution in [3.63, 3.8) is 0 Å². The van der Waals surface area contributed by atoms with E-state index < -0.39 is 0 Å². The fraction of sp³-hybridized carbons (Fsp3) is 0.379. The van der Waals surface area contributed by atoms with Crippen LogP contribution in [0.25, 0.3) is 32.9 Å². The lowest BCUT2D eigenvalue weighted by Gasteiger charge is -2.09. The summed E-state index contributed by atoms with van der Waals surface area (Å²) in [6.07, 6.45) is 13.0. The molecule has 1 heterocycles. The number of aryl methyl sites for hydroxylation is 1. The van der Waals surface area contributed by atoms with Crippen LogP contribution in [-0.2, 0) is 6.42 Å². The Morgan fingerprint density at radius 3 is 2.22 bits per heavy atom. The van der Waals surface area contributed by atoms with Gasteiger partial charge < -0.3 is 10.7 Å². The van der Waals surface area contributed by atoms with Crippen LogP contribution >= 0.6 is 11.6 Å². The molecule has 1 aromatic heterocycles. The Bertz CT molecular complexity index is 1160. The van der Waals surface area contributed by atoms with Crippen molar-refractivity contribution in [1.29, 1.82) is 0 Å². The third kappa shape index (κ3) is 5.13. The summed E-state index contributed by atoms with van der Waals surface area (Å²) >= 11 is 6.50. The molecule has 168 valence electrons. The highest BCUT2D eigenvalue weighted by Crippen LogP contribution is 2.39. The van der Waals surface area contributed by atoms with Crippen molar-refractivity contribution in [1.82, 2.24) is 4.98 Å². The van der Waals surface area contributed by atoms with Crippen LogP contribution < -0.4 is 5.73 Å². The molecule has 0 saturated heterocycles. The number of fused-ring (bicyclic) bond motifs is 3. The van der Waals surface area contributed by atoms with E-state index in [1.807, 2.05) is 12.1 Å². The van der Waals surface area contributed by atoms with Crippen LogP contribution in [0.5, 0.6) is 0 Å². The van der Waals surface area contributed by atoms with Gasteiger partial charge in [-0.25, -0.2) is 0 Å². The smallest absolute Gasteiger partial charge is 0.0518 e. The highest BCUT2D eigenvalue weighted by molar-refractivity contribution is 6.32. The summed E-state index contributed by atoms with van der Waals surface area (Å²) in [6.45, 7) is 2.27. The third-order valence-corrected chi connectivity index (χ3v) is 6.81. The van der Waals surface area contributed by atoms with E-state index in [1.165, 1.54) is 85.2 Å². The second-order valence-corrected chi connectivity index (χ2v) is 9.44. The largest absolute Gasteiger partial charge is 0.398 e. The molecule has 0 aliphatic carbocycles. The Hall–Kier alpha value is -2.45. The van der Waals surface area contributed by atoms with Gasteiger partial charge in [0, 0.05) is 27.0 Å². The first-order chi connectivity index (χ1) is 15.7. The van der Waals surface area contributed by atoms with Crippen molar-refractivity contribution in [2.45, 2.75) is 71.1 Å². The van der Waals surface area contributed by atoms with E-state index in [0.717, 1.165) is 28.2 Å². The summed E-state index contributed by atoms with van der Waals surface area (Å²) in [6, 6.07) is 18.8. The number of H-pyrrole nitrogens is 1. The molecular formula is C29H35ClN2. The Labute approximate surface area is 197 Å². The number of hydrogen-bond acceptors (Lipinski definition) is 1.